The first-order valence-corrected chi connectivity index (χ1v) is 9.81. The Hall–Kier alpha value is -0.610. The maximum absolute atomic E-state index is 11.6. The third kappa shape index (κ3) is 19.3. The minimum atomic E-state index is -0.0194. The van der Waals surface area contributed by atoms with Crippen molar-refractivity contribution in [2.24, 2.45) is 0 Å². The smallest absolute Gasteiger partial charge is 0.305 e. The van der Waals surface area contributed by atoms with Crippen LogP contribution in [-0.4, -0.2) is 25.7 Å². The van der Waals surface area contributed by atoms with Crippen LogP contribution in [0.25, 0.3) is 0 Å². The van der Waals surface area contributed by atoms with Gasteiger partial charge in [0.15, 0.2) is 0 Å². The molecule has 0 heterocycles. The molecule has 1 N–H and O–H groups in total. The number of unbranched alkanes of at least 4 members (excludes halogenated alkanes) is 10. The van der Waals surface area contributed by atoms with Crippen molar-refractivity contribution in [2.75, 3.05) is 19.8 Å². The summed E-state index contributed by atoms with van der Waals surface area (Å²) in [7, 11) is 0. The maximum atomic E-state index is 11.6. The summed E-state index contributed by atoms with van der Waals surface area (Å²) in [5, 5.41) is 0. The van der Waals surface area contributed by atoms with Gasteiger partial charge in [0, 0.05) is 13.0 Å². The Morgan fingerprint density at radius 2 is 1.39 bits per heavy atom. The molecule has 4 heteroatoms. The lowest BCUT2D eigenvalue weighted by molar-refractivity contribution is -0.143. The quantitative estimate of drug-likeness (QED) is 0.214. The Labute approximate surface area is 143 Å². The van der Waals surface area contributed by atoms with E-state index in [1.165, 1.54) is 51.4 Å². The molecule has 0 radical (unpaired) electrons. The van der Waals surface area contributed by atoms with E-state index in [0.29, 0.717) is 19.6 Å². The first kappa shape index (κ1) is 22.4. The number of carbonyl (C=O) groups is 1. The summed E-state index contributed by atoms with van der Waals surface area (Å²) in [6, 6.07) is 0. The lowest BCUT2D eigenvalue weighted by atomic mass is 10.1. The summed E-state index contributed by atoms with van der Waals surface area (Å²) in [5.74, 6) is -0.0194. The Kier molecular flexibility index (Phi) is 18.9. The van der Waals surface area contributed by atoms with Crippen LogP contribution in [0.4, 0.5) is 0 Å². The number of hydrogen-bond donors (Lipinski definition) is 1. The lowest BCUT2D eigenvalue weighted by Crippen LogP contribution is -2.15. The Balaban J connectivity index is 3.13. The van der Waals surface area contributed by atoms with Gasteiger partial charge in [-0.2, -0.15) is 0 Å². The van der Waals surface area contributed by atoms with E-state index >= 15 is 0 Å². The van der Waals surface area contributed by atoms with Crippen LogP contribution < -0.4 is 5.48 Å². The van der Waals surface area contributed by atoms with E-state index in [2.05, 4.69) is 12.4 Å². The minimum Gasteiger partial charge on any atom is -0.466 e. The van der Waals surface area contributed by atoms with Gasteiger partial charge in [-0.05, 0) is 26.2 Å². The van der Waals surface area contributed by atoms with E-state index in [1.54, 1.807) is 0 Å². The van der Waals surface area contributed by atoms with Crippen LogP contribution in [0.15, 0.2) is 0 Å². The fourth-order valence-corrected chi connectivity index (χ4v) is 2.49. The molecule has 0 aromatic rings. The SMILES string of the molecule is CCCCCCCCCOC(=O)CCCCCCCNOCC. The van der Waals surface area contributed by atoms with E-state index in [1.807, 2.05) is 6.92 Å². The van der Waals surface area contributed by atoms with E-state index in [9.17, 15) is 4.79 Å². The third-order valence-electron chi connectivity index (χ3n) is 3.92. The van der Waals surface area contributed by atoms with Crippen molar-refractivity contribution in [3.63, 3.8) is 0 Å². The molecule has 23 heavy (non-hydrogen) atoms. The normalized spacial score (nSPS) is 10.9. The molecule has 0 spiro atoms. The van der Waals surface area contributed by atoms with Gasteiger partial charge in [0.2, 0.25) is 0 Å². The zero-order valence-corrected chi connectivity index (χ0v) is 15.5. The summed E-state index contributed by atoms with van der Waals surface area (Å²) >= 11 is 0. The van der Waals surface area contributed by atoms with Crippen LogP contribution in [0, 0.1) is 0 Å². The van der Waals surface area contributed by atoms with E-state index in [0.717, 1.165) is 32.2 Å². The van der Waals surface area contributed by atoms with Crippen molar-refractivity contribution in [3.05, 3.63) is 0 Å². The van der Waals surface area contributed by atoms with Gasteiger partial charge in [-0.25, -0.2) is 5.48 Å². The van der Waals surface area contributed by atoms with Crippen molar-refractivity contribution >= 4 is 5.97 Å². The maximum Gasteiger partial charge on any atom is 0.305 e. The summed E-state index contributed by atoms with van der Waals surface area (Å²) in [6.07, 6.45) is 14.9. The molecule has 0 aliphatic rings. The predicted octanol–water partition coefficient (Wildman–Crippen LogP) is 5.16. The number of carbonyl (C=O) groups excluding carboxylic acids is 1. The van der Waals surface area contributed by atoms with Gasteiger partial charge in [-0.3, -0.25) is 4.79 Å². The number of hydroxylamine groups is 1. The van der Waals surface area contributed by atoms with Gasteiger partial charge in [-0.15, -0.1) is 0 Å². The molecule has 138 valence electrons. The fraction of sp³-hybridized carbons (Fsp3) is 0.947. The summed E-state index contributed by atoms with van der Waals surface area (Å²) in [4.78, 5) is 16.6. The van der Waals surface area contributed by atoms with Crippen LogP contribution in [0.3, 0.4) is 0 Å². The molecule has 0 unspecified atom stereocenters. The van der Waals surface area contributed by atoms with Gasteiger partial charge in [0.1, 0.15) is 0 Å². The van der Waals surface area contributed by atoms with Gasteiger partial charge < -0.3 is 9.57 Å². The first-order chi connectivity index (χ1) is 11.3. The van der Waals surface area contributed by atoms with E-state index < -0.39 is 0 Å². The highest BCUT2D eigenvalue weighted by atomic mass is 16.6. The molecular weight excluding hydrogens is 290 g/mol. The number of esters is 1. The predicted molar refractivity (Wildman–Crippen MR) is 96.3 cm³/mol. The van der Waals surface area contributed by atoms with Crippen molar-refractivity contribution in [2.45, 2.75) is 97.3 Å². The van der Waals surface area contributed by atoms with Crippen molar-refractivity contribution in [1.29, 1.82) is 0 Å². The lowest BCUT2D eigenvalue weighted by Gasteiger charge is -2.05. The molecular formula is C19H39NO3. The van der Waals surface area contributed by atoms with Crippen molar-refractivity contribution in [1.82, 2.24) is 5.48 Å². The Bertz CT molecular complexity index is 247. The topological polar surface area (TPSA) is 47.6 Å². The summed E-state index contributed by atoms with van der Waals surface area (Å²) in [5.41, 5.74) is 2.92. The molecule has 0 saturated heterocycles. The molecule has 0 saturated carbocycles. The molecule has 0 aliphatic heterocycles. The number of ether oxygens (including phenoxy) is 1. The fourth-order valence-electron chi connectivity index (χ4n) is 2.49. The average Bonchev–Trinajstić information content (AvgIpc) is 2.56. The number of hydrogen-bond acceptors (Lipinski definition) is 4. The molecule has 0 fully saturated rings. The Morgan fingerprint density at radius 1 is 0.783 bits per heavy atom. The van der Waals surface area contributed by atoms with Crippen LogP contribution >= 0.6 is 0 Å². The zero-order chi connectivity index (χ0) is 17.0. The van der Waals surface area contributed by atoms with Gasteiger partial charge >= 0.3 is 5.97 Å². The molecule has 0 rings (SSSR count). The highest BCUT2D eigenvalue weighted by molar-refractivity contribution is 5.69. The van der Waals surface area contributed by atoms with Gasteiger partial charge in [-0.1, -0.05) is 64.7 Å². The second-order valence-corrected chi connectivity index (χ2v) is 6.19. The number of rotatable bonds is 18. The summed E-state index contributed by atoms with van der Waals surface area (Å²) < 4.78 is 5.28. The van der Waals surface area contributed by atoms with Crippen LogP contribution in [0.1, 0.15) is 97.3 Å². The van der Waals surface area contributed by atoms with Crippen LogP contribution in [-0.2, 0) is 14.4 Å². The van der Waals surface area contributed by atoms with Crippen LogP contribution in [0.5, 0.6) is 0 Å². The van der Waals surface area contributed by atoms with Gasteiger partial charge in [0.25, 0.3) is 0 Å². The molecule has 0 aromatic heterocycles. The van der Waals surface area contributed by atoms with Gasteiger partial charge in [0.05, 0.1) is 13.2 Å². The first-order valence-electron chi connectivity index (χ1n) is 9.81. The average molecular weight is 330 g/mol. The van der Waals surface area contributed by atoms with Crippen molar-refractivity contribution < 1.29 is 14.4 Å². The highest BCUT2D eigenvalue weighted by Crippen LogP contribution is 2.08. The Morgan fingerprint density at radius 3 is 2.09 bits per heavy atom. The third-order valence-corrected chi connectivity index (χ3v) is 3.92. The standard InChI is InChI=1S/C19H39NO3/c1-3-5-6-7-8-12-15-18-22-19(21)16-13-10-9-11-14-17-20-23-4-2/h20H,3-18H2,1-2H3. The van der Waals surface area contributed by atoms with E-state index in [-0.39, 0.29) is 5.97 Å². The van der Waals surface area contributed by atoms with Crippen molar-refractivity contribution in [3.8, 4) is 0 Å². The molecule has 0 atom stereocenters. The molecule has 0 aliphatic carbocycles. The zero-order valence-electron chi connectivity index (χ0n) is 15.5. The summed E-state index contributed by atoms with van der Waals surface area (Å²) in [6.45, 7) is 6.43. The molecule has 0 aromatic carbocycles. The minimum absolute atomic E-state index is 0.0194. The molecule has 0 amide bonds. The van der Waals surface area contributed by atoms with E-state index in [4.69, 9.17) is 9.57 Å². The number of nitrogens with one attached hydrogen (secondary N) is 1. The van der Waals surface area contributed by atoms with Crippen LogP contribution in [0.2, 0.25) is 0 Å². The second-order valence-electron chi connectivity index (χ2n) is 6.19. The molecule has 4 nitrogen and oxygen atoms in total. The monoisotopic (exact) mass is 329 g/mol. The largest absolute Gasteiger partial charge is 0.466 e. The molecule has 0 bridgehead atoms. The second kappa shape index (κ2) is 19.4. The highest BCUT2D eigenvalue weighted by Gasteiger charge is 2.02.